The zero-order chi connectivity index (χ0) is 30.9. The molecular weight excluding hydrogens is 607 g/mol. The molecule has 3 heteroatoms. The average molecular weight is 634 g/mol. The molecule has 0 unspecified atom stereocenters. The van der Waals surface area contributed by atoms with Gasteiger partial charge < -0.3 is 4.90 Å². The molecule has 0 aliphatic rings. The van der Waals surface area contributed by atoms with Crippen LogP contribution in [-0.4, -0.2) is 0 Å². The smallest absolute Gasteiger partial charge is 0.0640 e. The van der Waals surface area contributed by atoms with Crippen molar-refractivity contribution >= 4 is 102 Å². The molecule has 2 heterocycles. The lowest BCUT2D eigenvalue weighted by Gasteiger charge is -2.27. The largest absolute Gasteiger partial charge is 0.308 e. The first-order valence-corrected chi connectivity index (χ1v) is 17.6. The Morgan fingerprint density at radius 2 is 0.915 bits per heavy atom. The van der Waals surface area contributed by atoms with Crippen molar-refractivity contribution in [3.8, 4) is 11.1 Å². The molecule has 1 nitrogen and oxygen atoms in total. The van der Waals surface area contributed by atoms with Gasteiger partial charge in [-0.25, -0.2) is 0 Å². The zero-order valence-corrected chi connectivity index (χ0v) is 27.0. The number of anilines is 3. The Labute approximate surface area is 280 Å². The number of nitrogens with zero attached hydrogens (tertiary/aromatic N) is 1. The first-order chi connectivity index (χ1) is 23.3. The Kier molecular flexibility index (Phi) is 5.98. The molecule has 220 valence electrons. The molecule has 0 amide bonds. The standard InChI is InChI=1S/C44H27NS2/c1-2-11-31-27-32(20-19-28(31)9-1)29-21-24-33(25-22-29)45(39-16-7-14-36-35-13-5-6-18-41(35)46-43(36)39)40-17-8-15-37-38-26-23-30-10-3-4-12-34(30)42(38)47-44(37)40/h1-27H. The summed E-state index contributed by atoms with van der Waals surface area (Å²) >= 11 is 3.79. The molecular formula is C44H27NS2. The summed E-state index contributed by atoms with van der Waals surface area (Å²) < 4.78 is 5.26. The monoisotopic (exact) mass is 633 g/mol. The number of benzene rings is 8. The van der Waals surface area contributed by atoms with Crippen LogP contribution >= 0.6 is 22.7 Å². The lowest BCUT2D eigenvalue weighted by Crippen LogP contribution is -2.10. The lowest BCUT2D eigenvalue weighted by atomic mass is 10.0. The first kappa shape index (κ1) is 26.7. The van der Waals surface area contributed by atoms with Gasteiger partial charge in [0.05, 0.1) is 20.8 Å². The maximum Gasteiger partial charge on any atom is 0.0640 e. The summed E-state index contributed by atoms with van der Waals surface area (Å²) in [6.45, 7) is 0. The van der Waals surface area contributed by atoms with Gasteiger partial charge in [-0.1, -0.05) is 127 Å². The van der Waals surface area contributed by atoms with Crippen molar-refractivity contribution in [3.63, 3.8) is 0 Å². The van der Waals surface area contributed by atoms with E-state index < -0.39 is 0 Å². The van der Waals surface area contributed by atoms with Crippen LogP contribution in [-0.2, 0) is 0 Å². The number of hydrogen-bond acceptors (Lipinski definition) is 3. The van der Waals surface area contributed by atoms with Gasteiger partial charge >= 0.3 is 0 Å². The van der Waals surface area contributed by atoms with Crippen molar-refractivity contribution in [3.05, 3.63) is 164 Å². The molecule has 2 aromatic heterocycles. The van der Waals surface area contributed by atoms with Gasteiger partial charge in [0.2, 0.25) is 0 Å². The highest BCUT2D eigenvalue weighted by Crippen LogP contribution is 2.49. The van der Waals surface area contributed by atoms with E-state index in [1.165, 1.54) is 84.4 Å². The van der Waals surface area contributed by atoms with Crippen LogP contribution in [0.3, 0.4) is 0 Å². The fourth-order valence-corrected chi connectivity index (χ4v) is 9.72. The van der Waals surface area contributed by atoms with Crippen LogP contribution in [0.25, 0.3) is 73.0 Å². The van der Waals surface area contributed by atoms with Gasteiger partial charge in [-0.05, 0) is 69.1 Å². The van der Waals surface area contributed by atoms with E-state index in [4.69, 9.17) is 0 Å². The summed E-state index contributed by atoms with van der Waals surface area (Å²) in [6, 6.07) is 60.1. The van der Waals surface area contributed by atoms with Crippen LogP contribution in [0.1, 0.15) is 0 Å². The third-order valence-electron chi connectivity index (χ3n) is 9.44. The molecule has 0 aliphatic heterocycles. The average Bonchev–Trinajstić information content (AvgIpc) is 3.72. The van der Waals surface area contributed by atoms with E-state index in [0.29, 0.717) is 0 Å². The van der Waals surface area contributed by atoms with Crippen molar-refractivity contribution in [2.24, 2.45) is 0 Å². The van der Waals surface area contributed by atoms with Crippen LogP contribution in [0, 0.1) is 0 Å². The molecule has 0 bridgehead atoms. The van der Waals surface area contributed by atoms with Crippen LogP contribution < -0.4 is 4.90 Å². The molecule has 0 saturated carbocycles. The predicted octanol–water partition coefficient (Wildman–Crippen LogP) is 13.9. The van der Waals surface area contributed by atoms with Crippen molar-refractivity contribution in [1.29, 1.82) is 0 Å². The molecule has 0 atom stereocenters. The van der Waals surface area contributed by atoms with Gasteiger partial charge in [0, 0.05) is 36.6 Å². The van der Waals surface area contributed by atoms with Gasteiger partial charge in [-0.3, -0.25) is 0 Å². The molecule has 0 aliphatic carbocycles. The fourth-order valence-electron chi connectivity index (χ4n) is 7.18. The van der Waals surface area contributed by atoms with E-state index >= 15 is 0 Å². The minimum absolute atomic E-state index is 1.15. The maximum atomic E-state index is 2.49. The van der Waals surface area contributed by atoms with E-state index in [-0.39, 0.29) is 0 Å². The Balaban J connectivity index is 1.22. The third kappa shape index (κ3) is 4.21. The highest BCUT2D eigenvalue weighted by Gasteiger charge is 2.22. The van der Waals surface area contributed by atoms with E-state index in [9.17, 15) is 0 Å². The fraction of sp³-hybridized carbons (Fsp3) is 0. The highest BCUT2D eigenvalue weighted by molar-refractivity contribution is 7.27. The second kappa shape index (κ2) is 10.5. The molecule has 10 aromatic rings. The molecule has 47 heavy (non-hydrogen) atoms. The van der Waals surface area contributed by atoms with Gasteiger partial charge in [-0.15, -0.1) is 22.7 Å². The van der Waals surface area contributed by atoms with Crippen molar-refractivity contribution in [2.45, 2.75) is 0 Å². The van der Waals surface area contributed by atoms with Crippen LogP contribution in [0.2, 0.25) is 0 Å². The summed E-state index contributed by atoms with van der Waals surface area (Å²) in [5.41, 5.74) is 6.00. The number of rotatable bonds is 4. The summed E-state index contributed by atoms with van der Waals surface area (Å²) in [5.74, 6) is 0. The second-order valence-corrected chi connectivity index (χ2v) is 14.2. The van der Waals surface area contributed by atoms with Crippen molar-refractivity contribution in [1.82, 2.24) is 0 Å². The topological polar surface area (TPSA) is 3.24 Å². The molecule has 8 aromatic carbocycles. The van der Waals surface area contributed by atoms with Gasteiger partial charge in [-0.2, -0.15) is 0 Å². The minimum atomic E-state index is 1.15. The Morgan fingerprint density at radius 3 is 1.72 bits per heavy atom. The Hall–Kier alpha value is -5.48. The van der Waals surface area contributed by atoms with Gasteiger partial charge in [0.15, 0.2) is 0 Å². The minimum Gasteiger partial charge on any atom is -0.308 e. The number of fused-ring (bicyclic) bond motifs is 9. The Bertz CT molecular complexity index is 2800. The van der Waals surface area contributed by atoms with Crippen molar-refractivity contribution in [2.75, 3.05) is 4.90 Å². The summed E-state index contributed by atoms with van der Waals surface area (Å²) in [4.78, 5) is 2.49. The number of hydrogen-bond donors (Lipinski definition) is 0. The zero-order valence-electron chi connectivity index (χ0n) is 25.4. The quantitative estimate of drug-likeness (QED) is 0.186. The lowest BCUT2D eigenvalue weighted by molar-refractivity contribution is 1.32. The summed E-state index contributed by atoms with van der Waals surface area (Å²) in [7, 11) is 0. The van der Waals surface area contributed by atoms with Crippen LogP contribution in [0.4, 0.5) is 17.1 Å². The van der Waals surface area contributed by atoms with Crippen LogP contribution in [0.5, 0.6) is 0 Å². The third-order valence-corrected chi connectivity index (χ3v) is 11.9. The summed E-state index contributed by atoms with van der Waals surface area (Å²) in [5, 5.41) is 10.4. The van der Waals surface area contributed by atoms with E-state index in [1.807, 2.05) is 22.7 Å². The normalized spacial score (nSPS) is 11.8. The van der Waals surface area contributed by atoms with E-state index in [1.54, 1.807) is 0 Å². The van der Waals surface area contributed by atoms with Crippen molar-refractivity contribution < 1.29 is 0 Å². The highest BCUT2D eigenvalue weighted by atomic mass is 32.1. The molecule has 0 saturated heterocycles. The molecule has 0 radical (unpaired) electrons. The van der Waals surface area contributed by atoms with E-state index in [2.05, 4.69) is 169 Å². The molecule has 0 N–H and O–H groups in total. The Morgan fingerprint density at radius 1 is 0.340 bits per heavy atom. The van der Waals surface area contributed by atoms with Gasteiger partial charge in [0.1, 0.15) is 0 Å². The molecule has 0 fully saturated rings. The molecule has 0 spiro atoms. The predicted molar refractivity (Wildman–Crippen MR) is 207 cm³/mol. The SMILES string of the molecule is c1ccc2cc(-c3ccc(N(c4cccc5c4sc4ccccc45)c4cccc5c4sc4c6ccccc6ccc54)cc3)ccc2c1. The van der Waals surface area contributed by atoms with Crippen LogP contribution in [0.15, 0.2) is 164 Å². The first-order valence-electron chi connectivity index (χ1n) is 15.9. The van der Waals surface area contributed by atoms with E-state index in [0.717, 1.165) is 5.69 Å². The van der Waals surface area contributed by atoms with Gasteiger partial charge in [0.25, 0.3) is 0 Å². The molecule has 10 rings (SSSR count). The summed E-state index contributed by atoms with van der Waals surface area (Å²) in [6.07, 6.45) is 0. The maximum absolute atomic E-state index is 2.49. The number of thiophene rings is 2. The second-order valence-electron chi connectivity index (χ2n) is 12.1.